The summed E-state index contributed by atoms with van der Waals surface area (Å²) in [7, 11) is -4.72. The molecule has 0 radical (unpaired) electrons. The lowest BCUT2D eigenvalue weighted by Crippen LogP contribution is -2.56. The minimum Gasteiger partial charge on any atom is -0.349 e. The molecule has 20 heteroatoms. The van der Waals surface area contributed by atoms with E-state index in [1.54, 1.807) is 0 Å². The fourth-order valence-corrected chi connectivity index (χ4v) is 9.06. The van der Waals surface area contributed by atoms with Crippen LogP contribution in [0, 0.1) is 17.5 Å². The molecule has 3 aromatic rings. The van der Waals surface area contributed by atoms with Crippen LogP contribution in [0.15, 0.2) is 71.6 Å². The summed E-state index contributed by atoms with van der Waals surface area (Å²) in [6.07, 6.45) is -12.9. The summed E-state index contributed by atoms with van der Waals surface area (Å²) < 4.78 is 161. The van der Waals surface area contributed by atoms with Crippen LogP contribution in [-0.2, 0) is 36.3 Å². The molecule has 10 nitrogen and oxygen atoms in total. The average molecular weight is 779 g/mol. The Morgan fingerprint density at radius 1 is 0.792 bits per heavy atom. The van der Waals surface area contributed by atoms with Crippen LogP contribution in [0.3, 0.4) is 0 Å². The molecule has 6 rings (SSSR count). The van der Waals surface area contributed by atoms with Crippen molar-refractivity contribution in [3.8, 4) is 0 Å². The number of amides is 5. The molecule has 1 spiro atoms. The number of alkyl halides is 6. The number of sulfone groups is 1. The normalized spacial score (nSPS) is 22.4. The summed E-state index contributed by atoms with van der Waals surface area (Å²) in [5.41, 5.74) is -9.73. The molecule has 3 aliphatic heterocycles. The van der Waals surface area contributed by atoms with Gasteiger partial charge in [0.05, 0.1) is 18.0 Å². The summed E-state index contributed by atoms with van der Waals surface area (Å²) in [6, 6.07) is 6.01. The number of nitrogens with zero attached hydrogens (tertiary/aromatic N) is 2. The zero-order valence-corrected chi connectivity index (χ0v) is 27.8. The molecule has 3 saturated heterocycles. The number of likely N-dealkylation sites (tertiary alicyclic amines) is 2. The summed E-state index contributed by atoms with van der Waals surface area (Å²) in [4.78, 5) is 39.7. The summed E-state index contributed by atoms with van der Waals surface area (Å²) in [5.74, 6) is -4.42. The van der Waals surface area contributed by atoms with Crippen molar-refractivity contribution in [2.24, 2.45) is 0 Å². The second-order valence-corrected chi connectivity index (χ2v) is 15.1. The molecule has 0 aliphatic carbocycles. The quantitative estimate of drug-likeness (QED) is 0.188. The van der Waals surface area contributed by atoms with Gasteiger partial charge in [-0.3, -0.25) is 10.1 Å². The molecule has 0 saturated carbocycles. The summed E-state index contributed by atoms with van der Waals surface area (Å²) in [6.45, 7) is -3.10. The molecule has 0 bridgehead atoms. The van der Waals surface area contributed by atoms with Crippen molar-refractivity contribution in [3.05, 3.63) is 101 Å². The lowest BCUT2D eigenvalue weighted by Gasteiger charge is -2.38. The Morgan fingerprint density at radius 3 is 1.91 bits per heavy atom. The second kappa shape index (κ2) is 12.9. The van der Waals surface area contributed by atoms with Gasteiger partial charge in [0.2, 0.25) is 0 Å². The molecule has 2 atom stereocenters. The van der Waals surface area contributed by atoms with E-state index < -0.39 is 109 Å². The number of hydrogen-bond acceptors (Lipinski definition) is 6. The molecule has 1 unspecified atom stereocenters. The lowest BCUT2D eigenvalue weighted by atomic mass is 9.88. The van der Waals surface area contributed by atoms with Crippen LogP contribution in [0.1, 0.15) is 29.5 Å². The highest BCUT2D eigenvalue weighted by Gasteiger charge is 2.73. The Morgan fingerprint density at radius 2 is 1.36 bits per heavy atom. The van der Waals surface area contributed by atoms with Crippen molar-refractivity contribution < 1.29 is 67.1 Å². The van der Waals surface area contributed by atoms with Crippen LogP contribution in [0.4, 0.5) is 49.1 Å². The summed E-state index contributed by atoms with van der Waals surface area (Å²) in [5, 5.41) is 4.54. The molecule has 3 aromatic carbocycles. The molecule has 3 heterocycles. The first kappa shape index (κ1) is 37.9. The van der Waals surface area contributed by atoms with Gasteiger partial charge in [-0.1, -0.05) is 30.3 Å². The molecule has 3 fully saturated rings. The first-order chi connectivity index (χ1) is 24.7. The van der Waals surface area contributed by atoms with Crippen LogP contribution < -0.4 is 10.6 Å². The minimum absolute atomic E-state index is 0.0242. The minimum atomic E-state index is -6.27. The van der Waals surface area contributed by atoms with Gasteiger partial charge in [0, 0.05) is 30.8 Å². The van der Waals surface area contributed by atoms with Crippen molar-refractivity contribution in [1.82, 2.24) is 20.4 Å². The van der Waals surface area contributed by atoms with Gasteiger partial charge in [-0.2, -0.15) is 26.3 Å². The van der Waals surface area contributed by atoms with Crippen LogP contribution in [0.25, 0.3) is 0 Å². The second-order valence-electron chi connectivity index (χ2n) is 12.8. The number of carbonyl (C=O) groups excluding carboxylic acids is 3. The van der Waals surface area contributed by atoms with Crippen molar-refractivity contribution >= 4 is 27.8 Å². The topological polar surface area (TPSA) is 125 Å². The van der Waals surface area contributed by atoms with E-state index in [-0.39, 0.29) is 31.6 Å². The van der Waals surface area contributed by atoms with E-state index in [2.05, 4.69) is 15.4 Å². The van der Waals surface area contributed by atoms with Crippen LogP contribution in [-0.4, -0.2) is 80.3 Å². The number of rotatable bonds is 7. The number of hydrogen-bond donors (Lipinski definition) is 2. The zero-order valence-electron chi connectivity index (χ0n) is 27.0. The molecule has 5 amide bonds. The predicted molar refractivity (Wildman–Crippen MR) is 164 cm³/mol. The van der Waals surface area contributed by atoms with Crippen LogP contribution in [0.2, 0.25) is 0 Å². The highest BCUT2D eigenvalue weighted by Crippen LogP contribution is 2.54. The average Bonchev–Trinajstić information content (AvgIpc) is 3.79. The van der Waals surface area contributed by atoms with Gasteiger partial charge in [0.15, 0.2) is 9.84 Å². The molecule has 3 aliphatic rings. The number of nitrogens with one attached hydrogen (secondary N) is 2. The van der Waals surface area contributed by atoms with Gasteiger partial charge in [-0.05, 0) is 54.8 Å². The van der Waals surface area contributed by atoms with Gasteiger partial charge in [0.1, 0.15) is 27.7 Å². The van der Waals surface area contributed by atoms with Crippen molar-refractivity contribution in [2.75, 3.05) is 26.2 Å². The smallest absolute Gasteiger partial charge is 0.349 e. The third-order valence-electron chi connectivity index (χ3n) is 9.81. The fraction of sp³-hybridized carbons (Fsp3) is 0.364. The van der Waals surface area contributed by atoms with Crippen molar-refractivity contribution in [2.45, 2.75) is 52.6 Å². The van der Waals surface area contributed by atoms with E-state index in [1.807, 2.05) is 0 Å². The number of halogens is 9. The Labute approximate surface area is 294 Å². The van der Waals surface area contributed by atoms with Crippen LogP contribution in [0.5, 0.6) is 0 Å². The Kier molecular flexibility index (Phi) is 9.24. The first-order valence-electron chi connectivity index (χ1n) is 15.7. The largest absolute Gasteiger partial charge is 0.430 e. The molecule has 284 valence electrons. The molecule has 2 N–H and O–H groups in total. The fourth-order valence-electron chi connectivity index (χ4n) is 6.98. The van der Waals surface area contributed by atoms with E-state index in [0.29, 0.717) is 36.4 Å². The maximum absolute atomic E-state index is 14.6. The van der Waals surface area contributed by atoms with E-state index >= 15 is 0 Å². The van der Waals surface area contributed by atoms with Gasteiger partial charge in [-0.15, -0.1) is 0 Å². The van der Waals surface area contributed by atoms with E-state index in [1.165, 1.54) is 4.90 Å². The van der Waals surface area contributed by atoms with Gasteiger partial charge >= 0.3 is 24.4 Å². The van der Waals surface area contributed by atoms with Gasteiger partial charge in [-0.25, -0.2) is 31.2 Å². The number of carbonyl (C=O) groups is 3. The Balaban J connectivity index is 1.39. The number of ether oxygens (including phenoxy) is 1. The molecule has 0 aromatic heterocycles. The molecular weight excluding hydrogens is 751 g/mol. The Hall–Kier alpha value is -4.85. The summed E-state index contributed by atoms with van der Waals surface area (Å²) >= 11 is 0. The number of benzene rings is 3. The lowest BCUT2D eigenvalue weighted by molar-refractivity contribution is -0.392. The standard InChI is InChI=1S/C33H27F9N4O6S/c34-21-8-10-22(11-9-21)53(50,51)30(13-15-46(18-30)28(49)45-14-12-29(17-45)26(47)43-27(48)44-29)19-4-6-20(7-5-19)31(32(37,38)39,33(40,41)42)52-16-23-24(35)2-1-3-25(23)36/h1-11H,12-18H2,(H2,43,44,47,48)/t29?,30-/m0/s1. The molecular formula is C33H27F9N4O6S. The van der Waals surface area contributed by atoms with Crippen molar-refractivity contribution in [1.29, 1.82) is 0 Å². The third-order valence-corrected chi connectivity index (χ3v) is 12.3. The molecule has 53 heavy (non-hydrogen) atoms. The van der Waals surface area contributed by atoms with Crippen molar-refractivity contribution in [3.63, 3.8) is 0 Å². The van der Waals surface area contributed by atoms with Gasteiger partial charge < -0.3 is 19.9 Å². The predicted octanol–water partition coefficient (Wildman–Crippen LogP) is 5.42. The van der Waals surface area contributed by atoms with E-state index in [9.17, 15) is 62.3 Å². The maximum atomic E-state index is 14.6. The monoisotopic (exact) mass is 778 g/mol. The van der Waals surface area contributed by atoms with Gasteiger partial charge in [0.25, 0.3) is 11.5 Å². The maximum Gasteiger partial charge on any atom is 0.430 e. The highest BCUT2D eigenvalue weighted by atomic mass is 32.2. The SMILES string of the molecule is O=C1NC(=O)C2(CCN(C(=O)N3CC[C@](c4ccc(C(OCc5c(F)cccc5F)(C(F)(F)F)C(F)(F)F)cc4)(S(=O)(=O)c4ccc(F)cc4)C3)C2)N1. The Bertz CT molecular complexity index is 2030. The van der Waals surface area contributed by atoms with E-state index in [0.717, 1.165) is 35.2 Å². The number of urea groups is 2. The third kappa shape index (κ3) is 6.14. The highest BCUT2D eigenvalue weighted by molar-refractivity contribution is 7.92. The van der Waals surface area contributed by atoms with E-state index in [4.69, 9.17) is 0 Å². The van der Waals surface area contributed by atoms with Crippen LogP contribution >= 0.6 is 0 Å². The first-order valence-corrected chi connectivity index (χ1v) is 17.1. The zero-order chi connectivity index (χ0) is 38.8. The number of imide groups is 1.